The van der Waals surface area contributed by atoms with Crippen molar-refractivity contribution in [2.75, 3.05) is 0 Å². The van der Waals surface area contributed by atoms with Crippen LogP contribution in [0.15, 0.2) is 0 Å². The van der Waals surface area contributed by atoms with Gasteiger partial charge in [0.1, 0.15) is 0 Å². The molecule has 0 aliphatic heterocycles. The normalized spacial score (nSPS) is 36.2. The Bertz CT molecular complexity index is 388. The molecule has 0 aromatic rings. The van der Waals surface area contributed by atoms with Crippen LogP contribution in [-0.4, -0.2) is 0 Å². The van der Waals surface area contributed by atoms with Gasteiger partial charge in [-0.25, -0.2) is 0 Å². The summed E-state index contributed by atoms with van der Waals surface area (Å²) in [5.74, 6) is 6.58. The van der Waals surface area contributed by atoms with Crippen molar-refractivity contribution in [2.24, 2.45) is 35.5 Å². The molecule has 170 valence electrons. The largest absolute Gasteiger partial charge is 0.0654 e. The molecule has 0 heteroatoms. The summed E-state index contributed by atoms with van der Waals surface area (Å²) in [4.78, 5) is 0. The van der Waals surface area contributed by atoms with Crippen molar-refractivity contribution in [3.63, 3.8) is 0 Å². The molecule has 0 radical (unpaired) electrons. The van der Waals surface area contributed by atoms with Crippen molar-refractivity contribution in [2.45, 2.75) is 149 Å². The lowest BCUT2D eigenvalue weighted by Gasteiger charge is -2.38. The molecule has 0 bridgehead atoms. The topological polar surface area (TPSA) is 0 Å². The zero-order valence-electron chi connectivity index (χ0n) is 20.3. The second-order valence-corrected chi connectivity index (χ2v) is 11.7. The van der Waals surface area contributed by atoms with Crippen molar-refractivity contribution in [1.29, 1.82) is 0 Å². The van der Waals surface area contributed by atoms with Crippen LogP contribution in [0.3, 0.4) is 0 Å². The van der Waals surface area contributed by atoms with Crippen LogP contribution in [0.5, 0.6) is 0 Å². The minimum atomic E-state index is 1.09. The third-order valence-corrected chi connectivity index (χ3v) is 9.58. The van der Waals surface area contributed by atoms with E-state index in [1.165, 1.54) is 44.9 Å². The SMILES string of the molecule is CCCCCC1CCC(C2CCC(CCC3CCC(CCCC)CC3)CC2)CC1. The number of hydrogen-bond acceptors (Lipinski definition) is 0. The molecule has 3 fully saturated rings. The summed E-state index contributed by atoms with van der Waals surface area (Å²) >= 11 is 0. The van der Waals surface area contributed by atoms with Gasteiger partial charge >= 0.3 is 0 Å². The zero-order chi connectivity index (χ0) is 20.3. The average molecular weight is 403 g/mol. The number of unbranched alkanes of at least 4 members (excludes halogenated alkanes) is 3. The van der Waals surface area contributed by atoms with Crippen LogP contribution in [0.2, 0.25) is 0 Å². The zero-order valence-corrected chi connectivity index (χ0v) is 20.3. The maximum absolute atomic E-state index is 2.35. The molecule has 0 atom stereocenters. The standard InChI is InChI=1S/C29H54/c1-3-5-7-9-25-16-20-28(21-17-25)29-22-18-27(19-23-29)15-14-26-12-10-24(11-13-26)8-6-4-2/h24-29H,3-23H2,1-2H3. The van der Waals surface area contributed by atoms with E-state index < -0.39 is 0 Å². The van der Waals surface area contributed by atoms with Gasteiger partial charge in [0.05, 0.1) is 0 Å². The molecule has 0 saturated heterocycles. The van der Waals surface area contributed by atoms with Gasteiger partial charge in [0, 0.05) is 0 Å². The second kappa shape index (κ2) is 13.4. The Kier molecular flexibility index (Phi) is 10.9. The molecule has 0 unspecified atom stereocenters. The minimum Gasteiger partial charge on any atom is -0.0654 e. The third kappa shape index (κ3) is 8.22. The van der Waals surface area contributed by atoms with Gasteiger partial charge in [-0.05, 0) is 61.2 Å². The number of hydrogen-bond donors (Lipinski definition) is 0. The molecule has 0 nitrogen and oxygen atoms in total. The molecular formula is C29H54. The third-order valence-electron chi connectivity index (χ3n) is 9.58. The van der Waals surface area contributed by atoms with Crippen LogP contribution in [0, 0.1) is 35.5 Å². The highest BCUT2D eigenvalue weighted by atomic mass is 14.4. The first-order chi connectivity index (χ1) is 14.3. The van der Waals surface area contributed by atoms with Crippen molar-refractivity contribution in [3.05, 3.63) is 0 Å². The van der Waals surface area contributed by atoms with E-state index in [2.05, 4.69) is 13.8 Å². The van der Waals surface area contributed by atoms with E-state index in [0.717, 1.165) is 35.5 Å². The van der Waals surface area contributed by atoms with Crippen molar-refractivity contribution in [1.82, 2.24) is 0 Å². The highest BCUT2D eigenvalue weighted by Crippen LogP contribution is 2.44. The average Bonchev–Trinajstić information content (AvgIpc) is 2.78. The quantitative estimate of drug-likeness (QED) is 0.301. The Hall–Kier alpha value is 0. The Labute approximate surface area is 184 Å². The smallest absolute Gasteiger partial charge is 0.0386 e. The van der Waals surface area contributed by atoms with Gasteiger partial charge in [-0.2, -0.15) is 0 Å². The molecule has 0 spiro atoms. The van der Waals surface area contributed by atoms with Crippen LogP contribution in [0.1, 0.15) is 149 Å². The van der Waals surface area contributed by atoms with Gasteiger partial charge in [0.15, 0.2) is 0 Å². The van der Waals surface area contributed by atoms with E-state index in [-0.39, 0.29) is 0 Å². The molecule has 3 aliphatic rings. The molecule has 0 heterocycles. The molecule has 0 aromatic heterocycles. The molecule has 3 saturated carbocycles. The van der Waals surface area contributed by atoms with E-state index in [1.807, 2.05) is 0 Å². The summed E-state index contributed by atoms with van der Waals surface area (Å²) in [6.45, 7) is 4.69. The first kappa shape index (κ1) is 23.7. The monoisotopic (exact) mass is 402 g/mol. The molecule has 0 aromatic carbocycles. The first-order valence-electron chi connectivity index (χ1n) is 14.3. The Morgan fingerprint density at radius 3 is 1.14 bits per heavy atom. The lowest BCUT2D eigenvalue weighted by atomic mass is 9.68. The lowest BCUT2D eigenvalue weighted by molar-refractivity contribution is 0.135. The van der Waals surface area contributed by atoms with E-state index in [1.54, 1.807) is 89.9 Å². The van der Waals surface area contributed by atoms with Crippen LogP contribution in [-0.2, 0) is 0 Å². The van der Waals surface area contributed by atoms with Gasteiger partial charge in [-0.3, -0.25) is 0 Å². The van der Waals surface area contributed by atoms with Crippen molar-refractivity contribution >= 4 is 0 Å². The predicted molar refractivity (Wildman–Crippen MR) is 129 cm³/mol. The van der Waals surface area contributed by atoms with E-state index in [9.17, 15) is 0 Å². The summed E-state index contributed by atoms with van der Waals surface area (Å²) in [6.07, 6.45) is 32.2. The van der Waals surface area contributed by atoms with Crippen molar-refractivity contribution < 1.29 is 0 Å². The summed E-state index contributed by atoms with van der Waals surface area (Å²) in [7, 11) is 0. The minimum absolute atomic E-state index is 1.09. The maximum atomic E-state index is 2.35. The Morgan fingerprint density at radius 2 is 0.724 bits per heavy atom. The Balaban J connectivity index is 1.24. The molecule has 3 rings (SSSR count). The highest BCUT2D eigenvalue weighted by molar-refractivity contribution is 4.83. The van der Waals surface area contributed by atoms with Crippen LogP contribution < -0.4 is 0 Å². The maximum Gasteiger partial charge on any atom is -0.0386 e. The van der Waals surface area contributed by atoms with Crippen LogP contribution in [0.4, 0.5) is 0 Å². The summed E-state index contributed by atoms with van der Waals surface area (Å²) in [5, 5.41) is 0. The van der Waals surface area contributed by atoms with Gasteiger partial charge < -0.3 is 0 Å². The van der Waals surface area contributed by atoms with Crippen LogP contribution in [0.25, 0.3) is 0 Å². The summed E-state index contributed by atoms with van der Waals surface area (Å²) in [5.41, 5.74) is 0. The van der Waals surface area contributed by atoms with Crippen molar-refractivity contribution in [3.8, 4) is 0 Å². The molecule has 0 N–H and O–H groups in total. The fraction of sp³-hybridized carbons (Fsp3) is 1.00. The highest BCUT2D eigenvalue weighted by Gasteiger charge is 2.31. The fourth-order valence-corrected chi connectivity index (χ4v) is 7.35. The molecule has 3 aliphatic carbocycles. The molecule has 29 heavy (non-hydrogen) atoms. The molecule has 0 amide bonds. The predicted octanol–water partition coefficient (Wildman–Crippen LogP) is 9.96. The Morgan fingerprint density at radius 1 is 0.379 bits per heavy atom. The van der Waals surface area contributed by atoms with E-state index in [4.69, 9.17) is 0 Å². The van der Waals surface area contributed by atoms with E-state index in [0.29, 0.717) is 0 Å². The van der Waals surface area contributed by atoms with Gasteiger partial charge in [-0.15, -0.1) is 0 Å². The molecular weight excluding hydrogens is 348 g/mol. The number of rotatable bonds is 11. The van der Waals surface area contributed by atoms with Gasteiger partial charge in [0.2, 0.25) is 0 Å². The fourth-order valence-electron chi connectivity index (χ4n) is 7.35. The second-order valence-electron chi connectivity index (χ2n) is 11.7. The van der Waals surface area contributed by atoms with Gasteiger partial charge in [0.25, 0.3) is 0 Å². The van der Waals surface area contributed by atoms with Gasteiger partial charge in [-0.1, -0.05) is 123 Å². The van der Waals surface area contributed by atoms with Crippen LogP contribution >= 0.6 is 0 Å². The summed E-state index contributed by atoms with van der Waals surface area (Å²) in [6, 6.07) is 0. The summed E-state index contributed by atoms with van der Waals surface area (Å²) < 4.78 is 0. The first-order valence-corrected chi connectivity index (χ1v) is 14.3. The van der Waals surface area contributed by atoms with E-state index >= 15 is 0 Å². The lowest BCUT2D eigenvalue weighted by Crippen LogP contribution is -2.26.